The summed E-state index contributed by atoms with van der Waals surface area (Å²) in [5.41, 5.74) is 1.75. The fourth-order valence-corrected chi connectivity index (χ4v) is 5.22. The molecule has 0 aliphatic rings. The van der Waals surface area contributed by atoms with E-state index in [0.29, 0.717) is 39.3 Å². The molecule has 0 aliphatic carbocycles. The summed E-state index contributed by atoms with van der Waals surface area (Å²) < 4.78 is 6.52. The minimum atomic E-state index is -0.203. The number of thioether (sulfide) groups is 1. The second-order valence-corrected chi connectivity index (χ2v) is 9.90. The Balaban J connectivity index is 1.49. The van der Waals surface area contributed by atoms with E-state index in [4.69, 9.17) is 4.74 Å². The highest BCUT2D eigenvalue weighted by atomic mass is 32.2. The van der Waals surface area contributed by atoms with Gasteiger partial charge in [-0.1, -0.05) is 37.3 Å². The van der Waals surface area contributed by atoms with Crippen molar-refractivity contribution in [1.29, 1.82) is 0 Å². The van der Waals surface area contributed by atoms with Gasteiger partial charge in [-0.05, 0) is 42.3 Å². The maximum Gasteiger partial charge on any atom is 0.275 e. The van der Waals surface area contributed by atoms with E-state index in [1.807, 2.05) is 24.3 Å². The number of hydrogen-bond donors (Lipinski definition) is 1. The molecule has 0 aliphatic heterocycles. The summed E-state index contributed by atoms with van der Waals surface area (Å²) in [6.45, 7) is 4.24. The van der Waals surface area contributed by atoms with Crippen LogP contribution in [0.3, 0.4) is 0 Å². The predicted octanol–water partition coefficient (Wildman–Crippen LogP) is 4.90. The molecule has 4 rings (SSSR count). The average molecular weight is 481 g/mol. The molecule has 2 heterocycles. The van der Waals surface area contributed by atoms with Crippen LogP contribution in [0.2, 0.25) is 0 Å². The third-order valence-electron chi connectivity index (χ3n) is 4.79. The van der Waals surface area contributed by atoms with Crippen LogP contribution in [0.5, 0.6) is 5.75 Å². The lowest BCUT2D eigenvalue weighted by Crippen LogP contribution is -2.15. The van der Waals surface area contributed by atoms with Gasteiger partial charge in [0.2, 0.25) is 4.96 Å². The van der Waals surface area contributed by atoms with Gasteiger partial charge in [0, 0.05) is 28.7 Å². The van der Waals surface area contributed by atoms with Crippen molar-refractivity contribution < 1.29 is 9.53 Å². The van der Waals surface area contributed by atoms with Gasteiger partial charge in [0.05, 0.1) is 18.5 Å². The Morgan fingerprint density at radius 2 is 1.94 bits per heavy atom. The molecular formula is C24H24N4O3S2. The van der Waals surface area contributed by atoms with Gasteiger partial charge in [0.25, 0.3) is 11.5 Å². The van der Waals surface area contributed by atoms with E-state index in [2.05, 4.69) is 29.2 Å². The third kappa shape index (κ3) is 5.61. The molecule has 2 aromatic carbocycles. The van der Waals surface area contributed by atoms with E-state index >= 15 is 0 Å². The normalized spacial score (nSPS) is 11.2. The standard InChI is InChI=1S/C24H24N4O3S2/c1-15(2)12-21-27-28-22(29)13-17(25-24(28)33-21)14-32-20-7-5-4-6-19(20)26-23(30)16-8-10-18(31-3)11-9-16/h4-11,13,15H,12,14H2,1-3H3,(H,26,30). The number of nitrogens with one attached hydrogen (secondary N) is 1. The molecule has 0 saturated heterocycles. The summed E-state index contributed by atoms with van der Waals surface area (Å²) in [6.07, 6.45) is 0.818. The van der Waals surface area contributed by atoms with Gasteiger partial charge < -0.3 is 10.1 Å². The number of para-hydroxylation sites is 1. The van der Waals surface area contributed by atoms with Crippen LogP contribution in [0, 0.1) is 5.92 Å². The van der Waals surface area contributed by atoms with Crippen LogP contribution in [0.25, 0.3) is 4.96 Å². The summed E-state index contributed by atoms with van der Waals surface area (Å²) in [5, 5.41) is 8.27. The molecule has 2 aromatic heterocycles. The molecule has 4 aromatic rings. The molecule has 1 amide bonds. The summed E-state index contributed by atoms with van der Waals surface area (Å²) in [6, 6.07) is 16.1. The minimum absolute atomic E-state index is 0.178. The van der Waals surface area contributed by atoms with E-state index in [0.717, 1.165) is 16.3 Å². The van der Waals surface area contributed by atoms with Crippen LogP contribution in [0.15, 0.2) is 64.3 Å². The zero-order valence-electron chi connectivity index (χ0n) is 18.6. The highest BCUT2D eigenvalue weighted by Gasteiger charge is 2.13. The lowest BCUT2D eigenvalue weighted by molar-refractivity contribution is 0.102. The quantitative estimate of drug-likeness (QED) is 0.361. The first kappa shape index (κ1) is 23.0. The number of rotatable bonds is 8. The number of fused-ring (bicyclic) bond motifs is 1. The van der Waals surface area contributed by atoms with Crippen molar-refractivity contribution in [3.63, 3.8) is 0 Å². The Hall–Kier alpha value is -3.17. The van der Waals surface area contributed by atoms with Gasteiger partial charge in [0.1, 0.15) is 10.8 Å². The first-order valence-electron chi connectivity index (χ1n) is 10.5. The van der Waals surface area contributed by atoms with E-state index in [1.54, 1.807) is 31.4 Å². The fourth-order valence-electron chi connectivity index (χ4n) is 3.19. The Bertz CT molecular complexity index is 1330. The van der Waals surface area contributed by atoms with Crippen molar-refractivity contribution >= 4 is 39.7 Å². The Morgan fingerprint density at radius 1 is 1.18 bits per heavy atom. The van der Waals surface area contributed by atoms with Crippen LogP contribution in [0.4, 0.5) is 5.69 Å². The Kier molecular flexibility index (Phi) is 7.10. The molecule has 33 heavy (non-hydrogen) atoms. The molecule has 0 unspecified atom stereocenters. The SMILES string of the molecule is COc1ccc(C(=O)Nc2ccccc2SCc2cc(=O)n3nc(CC(C)C)sc3n2)cc1. The first-order chi connectivity index (χ1) is 15.9. The number of nitrogens with zero attached hydrogens (tertiary/aromatic N) is 3. The first-order valence-corrected chi connectivity index (χ1v) is 12.3. The van der Waals surface area contributed by atoms with Crippen molar-refractivity contribution in [3.05, 3.63) is 81.2 Å². The largest absolute Gasteiger partial charge is 0.497 e. The third-order valence-corrected chi connectivity index (χ3v) is 6.82. The number of anilines is 1. The maximum atomic E-state index is 12.7. The average Bonchev–Trinajstić information content (AvgIpc) is 3.21. The number of carbonyl (C=O) groups excluding carboxylic acids is 1. The molecule has 0 saturated carbocycles. The number of carbonyl (C=O) groups is 1. The lowest BCUT2D eigenvalue weighted by atomic mass is 10.1. The van der Waals surface area contributed by atoms with Crippen LogP contribution < -0.4 is 15.6 Å². The zero-order chi connectivity index (χ0) is 23.4. The molecular weight excluding hydrogens is 456 g/mol. The second kappa shape index (κ2) is 10.2. The van der Waals surface area contributed by atoms with E-state index in [9.17, 15) is 9.59 Å². The van der Waals surface area contributed by atoms with Crippen LogP contribution in [-0.4, -0.2) is 27.6 Å². The lowest BCUT2D eigenvalue weighted by Gasteiger charge is -2.11. The molecule has 0 spiro atoms. The molecule has 7 nitrogen and oxygen atoms in total. The summed E-state index contributed by atoms with van der Waals surface area (Å²) in [4.78, 5) is 31.3. The summed E-state index contributed by atoms with van der Waals surface area (Å²) >= 11 is 2.97. The van der Waals surface area contributed by atoms with Gasteiger partial charge in [-0.2, -0.15) is 9.61 Å². The number of ether oxygens (including phenoxy) is 1. The number of benzene rings is 2. The van der Waals surface area contributed by atoms with Gasteiger partial charge in [-0.3, -0.25) is 9.59 Å². The van der Waals surface area contributed by atoms with Crippen molar-refractivity contribution in [1.82, 2.24) is 14.6 Å². The topological polar surface area (TPSA) is 85.6 Å². The molecule has 1 N–H and O–H groups in total. The maximum absolute atomic E-state index is 12.7. The predicted molar refractivity (Wildman–Crippen MR) is 133 cm³/mol. The van der Waals surface area contributed by atoms with Crippen LogP contribution in [0.1, 0.15) is 34.9 Å². The number of methoxy groups -OCH3 is 1. The van der Waals surface area contributed by atoms with Crippen LogP contribution >= 0.6 is 23.1 Å². The van der Waals surface area contributed by atoms with E-state index in [-0.39, 0.29) is 11.5 Å². The van der Waals surface area contributed by atoms with Gasteiger partial charge in [0.15, 0.2) is 0 Å². The molecule has 0 bridgehead atoms. The molecule has 170 valence electrons. The Morgan fingerprint density at radius 3 is 2.67 bits per heavy atom. The highest BCUT2D eigenvalue weighted by Crippen LogP contribution is 2.30. The zero-order valence-corrected chi connectivity index (χ0v) is 20.2. The summed E-state index contributed by atoms with van der Waals surface area (Å²) in [5.74, 6) is 1.45. The smallest absolute Gasteiger partial charge is 0.275 e. The molecule has 9 heteroatoms. The highest BCUT2D eigenvalue weighted by molar-refractivity contribution is 7.98. The number of amides is 1. The molecule has 0 radical (unpaired) electrons. The minimum Gasteiger partial charge on any atom is -0.497 e. The second-order valence-electron chi connectivity index (χ2n) is 7.84. The van der Waals surface area contributed by atoms with Crippen molar-refractivity contribution in [3.8, 4) is 5.75 Å². The van der Waals surface area contributed by atoms with Crippen LogP contribution in [-0.2, 0) is 12.2 Å². The van der Waals surface area contributed by atoms with Crippen molar-refractivity contribution in [2.24, 2.45) is 5.92 Å². The van der Waals surface area contributed by atoms with Crippen molar-refractivity contribution in [2.45, 2.75) is 30.9 Å². The van der Waals surface area contributed by atoms with E-state index < -0.39 is 0 Å². The van der Waals surface area contributed by atoms with Crippen molar-refractivity contribution in [2.75, 3.05) is 12.4 Å². The van der Waals surface area contributed by atoms with Gasteiger partial charge in [-0.15, -0.1) is 11.8 Å². The van der Waals surface area contributed by atoms with E-state index in [1.165, 1.54) is 33.7 Å². The monoisotopic (exact) mass is 480 g/mol. The number of aromatic nitrogens is 3. The molecule has 0 fully saturated rings. The van der Waals surface area contributed by atoms with Gasteiger partial charge >= 0.3 is 0 Å². The fraction of sp³-hybridized carbons (Fsp3) is 0.250. The van der Waals surface area contributed by atoms with Gasteiger partial charge in [-0.25, -0.2) is 4.98 Å². The molecule has 0 atom stereocenters. The summed E-state index contributed by atoms with van der Waals surface area (Å²) in [7, 11) is 1.59. The Labute approximate surface area is 199 Å². The number of hydrogen-bond acceptors (Lipinski definition) is 7.